The molecule has 1 aliphatic heterocycles. The van der Waals surface area contributed by atoms with Gasteiger partial charge in [-0.25, -0.2) is 5.43 Å². The first kappa shape index (κ1) is 14.7. The smallest absolute Gasteiger partial charge is 0.243 e. The highest BCUT2D eigenvalue weighted by atomic mass is 16.2. The van der Waals surface area contributed by atoms with E-state index >= 15 is 0 Å². The number of amides is 1. The van der Waals surface area contributed by atoms with Crippen LogP contribution in [0.4, 0.5) is 5.69 Å². The molecule has 3 unspecified atom stereocenters. The van der Waals surface area contributed by atoms with Crippen molar-refractivity contribution in [1.82, 2.24) is 15.4 Å². The van der Waals surface area contributed by atoms with Crippen LogP contribution >= 0.6 is 0 Å². The van der Waals surface area contributed by atoms with Crippen LogP contribution in [0.3, 0.4) is 0 Å². The Kier molecular flexibility index (Phi) is 3.83. The van der Waals surface area contributed by atoms with Gasteiger partial charge in [-0.05, 0) is 31.0 Å². The van der Waals surface area contributed by atoms with Crippen LogP contribution in [0.25, 0.3) is 10.9 Å². The normalized spacial score (nSPS) is 27.6. The lowest BCUT2D eigenvalue weighted by Gasteiger charge is -2.20. The van der Waals surface area contributed by atoms with Crippen molar-refractivity contribution in [2.24, 2.45) is 13.0 Å². The molecule has 2 heterocycles. The number of anilines is 1. The van der Waals surface area contributed by atoms with Gasteiger partial charge in [-0.15, -0.1) is 0 Å². The number of aryl methyl sites for hydroxylation is 1. The molecular formula is C18H24N4O. The minimum absolute atomic E-state index is 0.0725. The van der Waals surface area contributed by atoms with E-state index in [4.69, 9.17) is 0 Å². The number of benzene rings is 1. The highest BCUT2D eigenvalue weighted by molar-refractivity contribution is 6.03. The summed E-state index contributed by atoms with van der Waals surface area (Å²) < 4.78 is 2.07. The standard InChI is InChI=1S/C18H24N4O/c1-22-11-10-12-14(8-5-9-16(12)22)19-18(23)17-13-6-3-2-4-7-15(13)20-21-17/h5,8-11,13,15,17,20-21H,2-4,6-7H2,1H3,(H,19,23). The lowest BCUT2D eigenvalue weighted by Crippen LogP contribution is -2.42. The van der Waals surface area contributed by atoms with Crippen LogP contribution in [-0.4, -0.2) is 22.6 Å². The van der Waals surface area contributed by atoms with E-state index in [1.807, 2.05) is 25.4 Å². The van der Waals surface area contributed by atoms with Gasteiger partial charge in [-0.1, -0.05) is 25.3 Å². The number of hydrazine groups is 1. The number of nitrogens with zero attached hydrogens (tertiary/aromatic N) is 1. The summed E-state index contributed by atoms with van der Waals surface area (Å²) in [7, 11) is 2.02. The molecule has 5 heteroatoms. The zero-order valence-corrected chi connectivity index (χ0v) is 13.5. The number of nitrogens with one attached hydrogen (secondary N) is 3. The van der Waals surface area contributed by atoms with Gasteiger partial charge in [0.05, 0.1) is 5.69 Å². The molecule has 122 valence electrons. The van der Waals surface area contributed by atoms with Crippen molar-refractivity contribution >= 4 is 22.5 Å². The fourth-order valence-corrected chi connectivity index (χ4v) is 4.10. The first-order valence-electron chi connectivity index (χ1n) is 8.60. The molecule has 1 amide bonds. The Morgan fingerprint density at radius 2 is 2.04 bits per heavy atom. The molecule has 1 aromatic heterocycles. The van der Waals surface area contributed by atoms with Gasteiger partial charge in [0, 0.05) is 36.1 Å². The third kappa shape index (κ3) is 2.64. The summed E-state index contributed by atoms with van der Waals surface area (Å²) in [6.07, 6.45) is 8.08. The second-order valence-corrected chi connectivity index (χ2v) is 6.83. The number of fused-ring (bicyclic) bond motifs is 2. The third-order valence-electron chi connectivity index (χ3n) is 5.39. The second kappa shape index (κ2) is 5.98. The number of hydrogen-bond acceptors (Lipinski definition) is 3. The average Bonchev–Trinajstić information content (AvgIpc) is 3.05. The SMILES string of the molecule is Cn1ccc2c(NC(=O)C3NNC4CCCCCC43)cccc21. The highest BCUT2D eigenvalue weighted by Crippen LogP contribution is 2.30. The summed E-state index contributed by atoms with van der Waals surface area (Å²) in [4.78, 5) is 12.8. The Morgan fingerprint density at radius 3 is 2.96 bits per heavy atom. The molecule has 1 aliphatic carbocycles. The molecule has 4 rings (SSSR count). The number of carbonyl (C=O) groups excluding carboxylic acids is 1. The lowest BCUT2D eigenvalue weighted by atomic mass is 9.89. The predicted octanol–water partition coefficient (Wildman–Crippen LogP) is 2.54. The number of aromatic nitrogens is 1. The van der Waals surface area contributed by atoms with Crippen molar-refractivity contribution in [2.45, 2.75) is 44.2 Å². The Bertz CT molecular complexity index is 723. The van der Waals surface area contributed by atoms with Crippen LogP contribution in [0.15, 0.2) is 30.5 Å². The molecular weight excluding hydrogens is 288 g/mol. The fraction of sp³-hybridized carbons (Fsp3) is 0.500. The van der Waals surface area contributed by atoms with Crippen molar-refractivity contribution in [3.8, 4) is 0 Å². The first-order valence-corrected chi connectivity index (χ1v) is 8.60. The molecule has 1 saturated heterocycles. The second-order valence-electron chi connectivity index (χ2n) is 6.83. The Balaban J connectivity index is 1.55. The maximum absolute atomic E-state index is 12.8. The molecule has 5 nitrogen and oxygen atoms in total. The number of rotatable bonds is 2. The topological polar surface area (TPSA) is 58.1 Å². The number of carbonyl (C=O) groups is 1. The monoisotopic (exact) mass is 312 g/mol. The fourth-order valence-electron chi connectivity index (χ4n) is 4.10. The van der Waals surface area contributed by atoms with Crippen molar-refractivity contribution in [3.05, 3.63) is 30.5 Å². The van der Waals surface area contributed by atoms with Gasteiger partial charge in [0.2, 0.25) is 5.91 Å². The van der Waals surface area contributed by atoms with E-state index in [1.54, 1.807) is 0 Å². The van der Waals surface area contributed by atoms with Crippen LogP contribution in [0.5, 0.6) is 0 Å². The molecule has 2 fully saturated rings. The third-order valence-corrected chi connectivity index (χ3v) is 5.39. The molecule has 2 aromatic rings. The van der Waals surface area contributed by atoms with Gasteiger partial charge in [-0.2, -0.15) is 0 Å². The highest BCUT2D eigenvalue weighted by Gasteiger charge is 2.40. The Hall–Kier alpha value is -1.85. The molecule has 1 aromatic carbocycles. The van der Waals surface area contributed by atoms with Crippen LogP contribution in [0, 0.1) is 5.92 Å². The van der Waals surface area contributed by atoms with Crippen LogP contribution in [0.1, 0.15) is 32.1 Å². The maximum atomic E-state index is 12.8. The minimum atomic E-state index is -0.142. The van der Waals surface area contributed by atoms with Gasteiger partial charge in [0.1, 0.15) is 6.04 Å². The van der Waals surface area contributed by atoms with Gasteiger partial charge >= 0.3 is 0 Å². The molecule has 3 atom stereocenters. The molecule has 0 radical (unpaired) electrons. The van der Waals surface area contributed by atoms with E-state index in [0.717, 1.165) is 29.4 Å². The quantitative estimate of drug-likeness (QED) is 0.799. The van der Waals surface area contributed by atoms with Crippen molar-refractivity contribution < 1.29 is 4.79 Å². The van der Waals surface area contributed by atoms with E-state index < -0.39 is 0 Å². The van der Waals surface area contributed by atoms with E-state index in [2.05, 4.69) is 32.9 Å². The van der Waals surface area contributed by atoms with Gasteiger partial charge in [0.25, 0.3) is 0 Å². The van der Waals surface area contributed by atoms with Crippen LogP contribution in [-0.2, 0) is 11.8 Å². The van der Waals surface area contributed by atoms with Crippen molar-refractivity contribution in [2.75, 3.05) is 5.32 Å². The molecule has 2 aliphatic rings. The molecule has 0 spiro atoms. The van der Waals surface area contributed by atoms with E-state index in [1.165, 1.54) is 19.3 Å². The average molecular weight is 312 g/mol. The van der Waals surface area contributed by atoms with Crippen molar-refractivity contribution in [3.63, 3.8) is 0 Å². The zero-order valence-electron chi connectivity index (χ0n) is 13.5. The number of hydrogen-bond donors (Lipinski definition) is 3. The summed E-state index contributed by atoms with van der Waals surface area (Å²) in [5.74, 6) is 0.468. The lowest BCUT2D eigenvalue weighted by molar-refractivity contribution is -0.118. The van der Waals surface area contributed by atoms with Crippen LogP contribution in [0.2, 0.25) is 0 Å². The Labute approximate surface area is 136 Å². The van der Waals surface area contributed by atoms with E-state index in [-0.39, 0.29) is 11.9 Å². The van der Waals surface area contributed by atoms with E-state index in [0.29, 0.717) is 12.0 Å². The van der Waals surface area contributed by atoms with Crippen molar-refractivity contribution in [1.29, 1.82) is 0 Å². The Morgan fingerprint density at radius 1 is 1.17 bits per heavy atom. The zero-order chi connectivity index (χ0) is 15.8. The van der Waals surface area contributed by atoms with Gasteiger partial charge in [-0.3, -0.25) is 10.2 Å². The first-order chi connectivity index (χ1) is 11.2. The van der Waals surface area contributed by atoms with Gasteiger partial charge < -0.3 is 9.88 Å². The molecule has 3 N–H and O–H groups in total. The summed E-state index contributed by atoms with van der Waals surface area (Å²) in [6.45, 7) is 0. The maximum Gasteiger partial charge on any atom is 0.243 e. The van der Waals surface area contributed by atoms with E-state index in [9.17, 15) is 4.79 Å². The predicted molar refractivity (Wildman–Crippen MR) is 92.0 cm³/mol. The van der Waals surface area contributed by atoms with Gasteiger partial charge in [0.15, 0.2) is 0 Å². The van der Waals surface area contributed by atoms with Crippen LogP contribution < -0.4 is 16.2 Å². The summed E-state index contributed by atoms with van der Waals surface area (Å²) in [6, 6.07) is 8.39. The summed E-state index contributed by atoms with van der Waals surface area (Å²) in [5.41, 5.74) is 8.60. The largest absolute Gasteiger partial charge is 0.350 e. The molecule has 23 heavy (non-hydrogen) atoms. The summed E-state index contributed by atoms with van der Waals surface area (Å²) in [5, 5.41) is 4.23. The molecule has 0 bridgehead atoms. The minimum Gasteiger partial charge on any atom is -0.350 e. The summed E-state index contributed by atoms with van der Waals surface area (Å²) >= 11 is 0. The molecule has 1 saturated carbocycles.